The fourth-order valence-corrected chi connectivity index (χ4v) is 3.77. The summed E-state index contributed by atoms with van der Waals surface area (Å²) in [6.07, 6.45) is 0.727. The van der Waals surface area contributed by atoms with E-state index in [2.05, 4.69) is 16.0 Å². The molecule has 8 nitrogen and oxygen atoms in total. The Hall–Kier alpha value is -3.81. The van der Waals surface area contributed by atoms with E-state index in [1.54, 1.807) is 36.1 Å². The first-order valence-corrected chi connectivity index (χ1v) is 11.2. The maximum atomic E-state index is 13.2. The number of esters is 1. The molecule has 0 radical (unpaired) electrons. The molecule has 1 atom stereocenters. The highest BCUT2D eigenvalue weighted by atomic mass is 16.5. The van der Waals surface area contributed by atoms with Gasteiger partial charge in [0.25, 0.3) is 0 Å². The van der Waals surface area contributed by atoms with Crippen LogP contribution in [0.25, 0.3) is 5.70 Å². The number of ether oxygens (including phenoxy) is 1. The molecule has 3 rings (SSSR count). The number of carbonyl (C=O) groups is 3. The Morgan fingerprint density at radius 3 is 2.33 bits per heavy atom. The highest BCUT2D eigenvalue weighted by Gasteiger charge is 2.38. The molecule has 33 heavy (non-hydrogen) atoms. The van der Waals surface area contributed by atoms with Crippen LogP contribution in [0.1, 0.15) is 44.4 Å². The fraction of sp³-hybridized carbons (Fsp3) is 0.320. The minimum absolute atomic E-state index is 0.217. The summed E-state index contributed by atoms with van der Waals surface area (Å²) >= 11 is 0. The Morgan fingerprint density at radius 1 is 1.03 bits per heavy atom. The summed E-state index contributed by atoms with van der Waals surface area (Å²) in [4.78, 5) is 39.7. The van der Waals surface area contributed by atoms with E-state index in [-0.39, 0.29) is 18.7 Å². The molecule has 0 aliphatic carbocycles. The van der Waals surface area contributed by atoms with Crippen LogP contribution in [0.15, 0.2) is 60.2 Å². The maximum absolute atomic E-state index is 13.2. The van der Waals surface area contributed by atoms with Gasteiger partial charge in [-0.1, -0.05) is 49.4 Å². The first-order chi connectivity index (χ1) is 16.0. The van der Waals surface area contributed by atoms with Crippen molar-refractivity contribution in [2.45, 2.75) is 33.2 Å². The molecule has 1 heterocycles. The summed E-state index contributed by atoms with van der Waals surface area (Å²) in [5.41, 5.74) is 3.00. The second kappa shape index (κ2) is 11.2. The molecule has 0 spiro atoms. The molecule has 1 aliphatic rings. The summed E-state index contributed by atoms with van der Waals surface area (Å²) in [5, 5.41) is 8.38. The smallest absolute Gasteiger partial charge is 0.338 e. The van der Waals surface area contributed by atoms with Gasteiger partial charge >= 0.3 is 18.0 Å². The van der Waals surface area contributed by atoms with Crippen LogP contribution >= 0.6 is 0 Å². The van der Waals surface area contributed by atoms with E-state index in [9.17, 15) is 14.4 Å². The van der Waals surface area contributed by atoms with E-state index in [0.717, 1.165) is 12.0 Å². The van der Waals surface area contributed by atoms with Gasteiger partial charge < -0.3 is 20.7 Å². The summed E-state index contributed by atoms with van der Waals surface area (Å²) in [6, 6.07) is 15.2. The highest BCUT2D eigenvalue weighted by molar-refractivity contribution is 6.04. The van der Waals surface area contributed by atoms with Crippen molar-refractivity contribution in [2.75, 3.05) is 25.0 Å². The molecule has 0 saturated carbocycles. The molecule has 174 valence electrons. The average Bonchev–Trinajstić information content (AvgIpc) is 2.81. The van der Waals surface area contributed by atoms with Gasteiger partial charge in [-0.05, 0) is 43.5 Å². The highest BCUT2D eigenvalue weighted by Crippen LogP contribution is 2.37. The van der Waals surface area contributed by atoms with Crippen molar-refractivity contribution < 1.29 is 19.1 Å². The molecule has 3 N–H and O–H groups in total. The molecule has 0 fully saturated rings. The topological polar surface area (TPSA) is 99.8 Å². The SMILES string of the molecule is CCCN1C(=O)N[C@@H](c2ccc(NC(=O)NCC)cc2)C(C(=O)OCC)=C1c1ccccc1. The molecule has 8 heteroatoms. The third kappa shape index (κ3) is 5.52. The first kappa shape index (κ1) is 23.8. The Morgan fingerprint density at radius 2 is 1.73 bits per heavy atom. The van der Waals surface area contributed by atoms with Crippen LogP contribution in [0.2, 0.25) is 0 Å². The van der Waals surface area contributed by atoms with E-state index >= 15 is 0 Å². The van der Waals surface area contributed by atoms with Gasteiger partial charge in [0.05, 0.1) is 23.9 Å². The van der Waals surface area contributed by atoms with Gasteiger partial charge in [0.15, 0.2) is 0 Å². The zero-order chi connectivity index (χ0) is 23.8. The Kier molecular flexibility index (Phi) is 8.07. The number of hydrogen-bond donors (Lipinski definition) is 3. The number of rotatable bonds is 8. The lowest BCUT2D eigenvalue weighted by atomic mass is 9.91. The Balaban J connectivity index is 2.09. The van der Waals surface area contributed by atoms with Crippen LogP contribution in [0, 0.1) is 0 Å². The van der Waals surface area contributed by atoms with Gasteiger partial charge in [-0.25, -0.2) is 14.4 Å². The molecule has 2 aromatic rings. The molecule has 0 saturated heterocycles. The zero-order valence-electron chi connectivity index (χ0n) is 19.2. The van der Waals surface area contributed by atoms with Gasteiger partial charge in [0.1, 0.15) is 0 Å². The number of nitrogens with zero attached hydrogens (tertiary/aromatic N) is 1. The minimum Gasteiger partial charge on any atom is -0.463 e. The van der Waals surface area contributed by atoms with Crippen molar-refractivity contribution in [1.82, 2.24) is 15.5 Å². The summed E-state index contributed by atoms with van der Waals surface area (Å²) in [5.74, 6) is -0.480. The predicted molar refractivity (Wildman–Crippen MR) is 127 cm³/mol. The maximum Gasteiger partial charge on any atom is 0.338 e. The first-order valence-electron chi connectivity index (χ1n) is 11.2. The standard InChI is InChI=1S/C25H30N4O4/c1-4-16-29-22(18-10-8-7-9-11-18)20(23(30)33-6-3)21(28-25(29)32)17-12-14-19(15-13-17)27-24(31)26-5-2/h7-15,21H,4-6,16H2,1-3H3,(H,28,32)(H2,26,27,31)/t21-/m0/s1. The summed E-state index contributed by atoms with van der Waals surface area (Å²) in [6.45, 7) is 6.76. The van der Waals surface area contributed by atoms with E-state index < -0.39 is 12.0 Å². The average molecular weight is 451 g/mol. The van der Waals surface area contributed by atoms with E-state index in [1.807, 2.05) is 44.2 Å². The number of urea groups is 2. The van der Waals surface area contributed by atoms with E-state index in [1.165, 1.54) is 0 Å². The van der Waals surface area contributed by atoms with Crippen LogP contribution in [0.5, 0.6) is 0 Å². The van der Waals surface area contributed by atoms with Gasteiger partial charge in [-0.15, -0.1) is 0 Å². The quantitative estimate of drug-likeness (QED) is 0.523. The van der Waals surface area contributed by atoms with Crippen LogP contribution in [0.4, 0.5) is 15.3 Å². The van der Waals surface area contributed by atoms with Crippen molar-refractivity contribution in [2.24, 2.45) is 0 Å². The number of nitrogens with one attached hydrogen (secondary N) is 3. The zero-order valence-corrected chi connectivity index (χ0v) is 19.2. The van der Waals surface area contributed by atoms with Crippen molar-refractivity contribution in [3.05, 3.63) is 71.3 Å². The number of amides is 4. The normalized spacial score (nSPS) is 15.7. The lowest BCUT2D eigenvalue weighted by Crippen LogP contribution is -2.48. The number of benzene rings is 2. The second-order valence-electron chi connectivity index (χ2n) is 7.49. The molecule has 1 aliphatic heterocycles. The van der Waals surface area contributed by atoms with Crippen LogP contribution in [-0.4, -0.2) is 42.6 Å². The summed E-state index contributed by atoms with van der Waals surface area (Å²) < 4.78 is 5.41. The minimum atomic E-state index is -0.696. The van der Waals surface area contributed by atoms with Crippen LogP contribution < -0.4 is 16.0 Å². The Labute approximate surface area is 194 Å². The van der Waals surface area contributed by atoms with Crippen molar-refractivity contribution in [3.63, 3.8) is 0 Å². The van der Waals surface area contributed by atoms with E-state index in [0.29, 0.717) is 35.6 Å². The van der Waals surface area contributed by atoms with Crippen LogP contribution in [-0.2, 0) is 9.53 Å². The number of anilines is 1. The summed E-state index contributed by atoms with van der Waals surface area (Å²) in [7, 11) is 0. The van der Waals surface area contributed by atoms with Gasteiger partial charge in [-0.3, -0.25) is 4.90 Å². The van der Waals surface area contributed by atoms with Gasteiger partial charge in [0.2, 0.25) is 0 Å². The third-order valence-electron chi connectivity index (χ3n) is 5.16. The molecular formula is C25H30N4O4. The van der Waals surface area contributed by atoms with Gasteiger partial charge in [0, 0.05) is 18.8 Å². The Bertz CT molecular complexity index is 1020. The van der Waals surface area contributed by atoms with Gasteiger partial charge in [-0.2, -0.15) is 0 Å². The molecule has 2 aromatic carbocycles. The number of hydrogen-bond acceptors (Lipinski definition) is 4. The van der Waals surface area contributed by atoms with Crippen molar-refractivity contribution >= 4 is 29.4 Å². The largest absolute Gasteiger partial charge is 0.463 e. The monoisotopic (exact) mass is 450 g/mol. The molecule has 0 unspecified atom stereocenters. The lowest BCUT2D eigenvalue weighted by molar-refractivity contribution is -0.138. The molecular weight excluding hydrogens is 420 g/mol. The van der Waals surface area contributed by atoms with Crippen molar-refractivity contribution in [1.29, 1.82) is 0 Å². The van der Waals surface area contributed by atoms with Crippen molar-refractivity contribution in [3.8, 4) is 0 Å². The molecule has 0 aromatic heterocycles. The fourth-order valence-electron chi connectivity index (χ4n) is 3.77. The second-order valence-corrected chi connectivity index (χ2v) is 7.49. The third-order valence-corrected chi connectivity index (χ3v) is 5.16. The number of carbonyl (C=O) groups excluding carboxylic acids is 3. The predicted octanol–water partition coefficient (Wildman–Crippen LogP) is 4.28. The lowest BCUT2D eigenvalue weighted by Gasteiger charge is -2.36. The van der Waals surface area contributed by atoms with Crippen LogP contribution in [0.3, 0.4) is 0 Å². The molecule has 0 bridgehead atoms. The molecule has 4 amide bonds. The van der Waals surface area contributed by atoms with E-state index in [4.69, 9.17) is 4.74 Å².